The molecule has 0 spiro atoms. The van der Waals surface area contributed by atoms with E-state index in [9.17, 15) is 14.4 Å². The third-order valence-corrected chi connectivity index (χ3v) is 7.59. The highest BCUT2D eigenvalue weighted by molar-refractivity contribution is 6.22. The van der Waals surface area contributed by atoms with Crippen molar-refractivity contribution in [2.24, 2.45) is 5.73 Å². The van der Waals surface area contributed by atoms with Crippen molar-refractivity contribution in [1.29, 1.82) is 0 Å². The Labute approximate surface area is 224 Å². The van der Waals surface area contributed by atoms with Gasteiger partial charge in [0.25, 0.3) is 17.7 Å². The van der Waals surface area contributed by atoms with E-state index in [0.29, 0.717) is 42.0 Å². The first-order valence-corrected chi connectivity index (χ1v) is 13.1. The molecular formula is C30H30N6O3. The van der Waals surface area contributed by atoms with E-state index in [-0.39, 0.29) is 11.8 Å². The molecule has 9 heteroatoms. The van der Waals surface area contributed by atoms with E-state index < -0.39 is 5.91 Å². The van der Waals surface area contributed by atoms with Crippen LogP contribution >= 0.6 is 0 Å². The zero-order chi connectivity index (χ0) is 27.3. The number of carbonyl (C=O) groups excluding carboxylic acids is 3. The number of rotatable bonds is 5. The van der Waals surface area contributed by atoms with Gasteiger partial charge in [-0.1, -0.05) is 24.3 Å². The molecule has 0 unspecified atom stereocenters. The Morgan fingerprint density at radius 2 is 1.69 bits per heavy atom. The molecule has 1 aliphatic rings. The zero-order valence-corrected chi connectivity index (χ0v) is 21.9. The SMILES string of the molecule is CCNC(=O)c1cc2c(-c3ccc(C(N)=O)c4[nH]c5cc(C(=O)N6CCN(C)CC6)ccc5c34)cccc2[nH]1. The molecule has 39 heavy (non-hydrogen) atoms. The van der Waals surface area contributed by atoms with E-state index in [2.05, 4.69) is 27.2 Å². The maximum absolute atomic E-state index is 13.3. The fourth-order valence-corrected chi connectivity index (χ4v) is 5.54. The monoisotopic (exact) mass is 522 g/mol. The van der Waals surface area contributed by atoms with Gasteiger partial charge in [0.05, 0.1) is 11.1 Å². The molecule has 1 fully saturated rings. The van der Waals surface area contributed by atoms with Gasteiger partial charge in [-0.25, -0.2) is 0 Å². The summed E-state index contributed by atoms with van der Waals surface area (Å²) < 4.78 is 0. The van der Waals surface area contributed by atoms with Gasteiger partial charge in [0.15, 0.2) is 0 Å². The summed E-state index contributed by atoms with van der Waals surface area (Å²) in [5, 5.41) is 5.45. The Bertz CT molecular complexity index is 1770. The maximum atomic E-state index is 13.3. The Hall–Kier alpha value is -4.63. The van der Waals surface area contributed by atoms with Crippen LogP contribution in [0.1, 0.15) is 38.1 Å². The molecule has 0 aliphatic carbocycles. The number of benzene rings is 3. The van der Waals surface area contributed by atoms with Crippen LogP contribution in [0.2, 0.25) is 0 Å². The van der Waals surface area contributed by atoms with Gasteiger partial charge in [0.2, 0.25) is 0 Å². The van der Waals surface area contributed by atoms with E-state index in [1.807, 2.05) is 60.4 Å². The van der Waals surface area contributed by atoms with Crippen LogP contribution in [0.3, 0.4) is 0 Å². The summed E-state index contributed by atoms with van der Waals surface area (Å²) in [4.78, 5) is 48.8. The first kappa shape index (κ1) is 24.7. The Balaban J connectivity index is 1.52. The number of likely N-dealkylation sites (N-methyl/N-ethyl adjacent to an activating group) is 1. The van der Waals surface area contributed by atoms with Crippen LogP contribution in [-0.2, 0) is 0 Å². The van der Waals surface area contributed by atoms with E-state index in [1.54, 1.807) is 6.07 Å². The van der Waals surface area contributed by atoms with Gasteiger partial charge in [-0.2, -0.15) is 0 Å². The number of nitrogens with two attached hydrogens (primary N) is 1. The number of fused-ring (bicyclic) bond motifs is 4. The normalized spacial score (nSPS) is 14.4. The lowest BCUT2D eigenvalue weighted by Crippen LogP contribution is -2.47. The molecule has 3 heterocycles. The fraction of sp³-hybridized carbons (Fsp3) is 0.233. The lowest BCUT2D eigenvalue weighted by atomic mass is 9.94. The molecule has 0 bridgehead atoms. The number of primary amides is 1. The summed E-state index contributed by atoms with van der Waals surface area (Å²) in [5.41, 5.74) is 11.2. The largest absolute Gasteiger partial charge is 0.366 e. The average Bonchev–Trinajstić information content (AvgIpc) is 3.54. The van der Waals surface area contributed by atoms with Crippen LogP contribution in [0.4, 0.5) is 0 Å². The number of nitrogens with one attached hydrogen (secondary N) is 3. The molecule has 5 N–H and O–H groups in total. The number of hydrogen-bond donors (Lipinski definition) is 4. The van der Waals surface area contributed by atoms with Crippen molar-refractivity contribution < 1.29 is 14.4 Å². The molecule has 5 aromatic rings. The molecule has 2 aromatic heterocycles. The number of aromatic nitrogens is 2. The Morgan fingerprint density at radius 3 is 2.44 bits per heavy atom. The maximum Gasteiger partial charge on any atom is 0.267 e. The molecule has 3 amide bonds. The second-order valence-electron chi connectivity index (χ2n) is 10.1. The van der Waals surface area contributed by atoms with Crippen LogP contribution in [0.5, 0.6) is 0 Å². The molecule has 6 rings (SSSR count). The van der Waals surface area contributed by atoms with Gasteiger partial charge >= 0.3 is 0 Å². The number of amides is 3. The highest BCUT2D eigenvalue weighted by atomic mass is 16.2. The van der Waals surface area contributed by atoms with Crippen molar-refractivity contribution >= 4 is 50.4 Å². The highest BCUT2D eigenvalue weighted by Crippen LogP contribution is 2.39. The molecule has 0 saturated carbocycles. The quantitative estimate of drug-likeness (QED) is 0.281. The van der Waals surface area contributed by atoms with Gasteiger partial charge in [-0.3, -0.25) is 14.4 Å². The van der Waals surface area contributed by atoms with Crippen molar-refractivity contribution in [1.82, 2.24) is 25.1 Å². The van der Waals surface area contributed by atoms with E-state index >= 15 is 0 Å². The third kappa shape index (κ3) is 4.21. The minimum Gasteiger partial charge on any atom is -0.366 e. The fourth-order valence-electron chi connectivity index (χ4n) is 5.54. The number of aromatic amines is 2. The smallest absolute Gasteiger partial charge is 0.267 e. The summed E-state index contributed by atoms with van der Waals surface area (Å²) in [5.74, 6) is -0.710. The third-order valence-electron chi connectivity index (χ3n) is 7.59. The van der Waals surface area contributed by atoms with Gasteiger partial charge in [0, 0.05) is 65.5 Å². The summed E-state index contributed by atoms with van der Waals surface area (Å²) >= 11 is 0. The van der Waals surface area contributed by atoms with Crippen molar-refractivity contribution in [3.8, 4) is 11.1 Å². The standard InChI is InChI=1S/C30H30N6O3/c1-3-32-29(38)25-16-22-18(5-4-6-23(22)33-25)19-9-10-21(28(31)37)27-26(19)20-8-7-17(15-24(20)34-27)30(39)36-13-11-35(2)12-14-36/h4-10,15-16,33-34H,3,11-14H2,1-2H3,(H2,31,37)(H,32,38). The topological polar surface area (TPSA) is 127 Å². The number of nitrogens with zero attached hydrogens (tertiary/aromatic N) is 2. The summed E-state index contributed by atoms with van der Waals surface area (Å²) in [7, 11) is 2.06. The molecule has 0 radical (unpaired) electrons. The van der Waals surface area contributed by atoms with Crippen molar-refractivity contribution in [2.45, 2.75) is 6.92 Å². The summed E-state index contributed by atoms with van der Waals surface area (Å²) in [6, 6.07) is 17.0. The predicted molar refractivity (Wildman–Crippen MR) is 153 cm³/mol. The molecule has 1 aliphatic heterocycles. The van der Waals surface area contributed by atoms with Gasteiger partial charge in [0.1, 0.15) is 5.69 Å². The zero-order valence-electron chi connectivity index (χ0n) is 21.9. The summed E-state index contributed by atoms with van der Waals surface area (Å²) in [6.45, 7) is 5.48. The molecule has 0 atom stereocenters. The number of H-pyrrole nitrogens is 2. The number of hydrogen-bond acceptors (Lipinski definition) is 4. The minimum atomic E-state index is -0.537. The molecular weight excluding hydrogens is 492 g/mol. The van der Waals surface area contributed by atoms with E-state index in [0.717, 1.165) is 51.4 Å². The number of carbonyl (C=O) groups is 3. The lowest BCUT2D eigenvalue weighted by molar-refractivity contribution is 0.0664. The Morgan fingerprint density at radius 1 is 0.897 bits per heavy atom. The van der Waals surface area contributed by atoms with Gasteiger partial charge < -0.3 is 30.8 Å². The lowest BCUT2D eigenvalue weighted by Gasteiger charge is -2.32. The van der Waals surface area contributed by atoms with Crippen molar-refractivity contribution in [2.75, 3.05) is 39.8 Å². The average molecular weight is 523 g/mol. The van der Waals surface area contributed by atoms with Gasteiger partial charge in [-0.15, -0.1) is 0 Å². The molecule has 1 saturated heterocycles. The van der Waals surface area contributed by atoms with Crippen LogP contribution in [0.25, 0.3) is 43.8 Å². The highest BCUT2D eigenvalue weighted by Gasteiger charge is 2.23. The van der Waals surface area contributed by atoms with Crippen LogP contribution in [0.15, 0.2) is 54.6 Å². The summed E-state index contributed by atoms with van der Waals surface area (Å²) in [6.07, 6.45) is 0. The first-order chi connectivity index (χ1) is 18.9. The van der Waals surface area contributed by atoms with E-state index in [1.165, 1.54) is 0 Å². The van der Waals surface area contributed by atoms with Crippen LogP contribution in [-0.4, -0.2) is 77.3 Å². The van der Waals surface area contributed by atoms with Crippen LogP contribution in [0, 0.1) is 0 Å². The molecule has 3 aromatic carbocycles. The number of piperazine rings is 1. The second-order valence-corrected chi connectivity index (χ2v) is 10.1. The van der Waals surface area contributed by atoms with Crippen molar-refractivity contribution in [3.05, 3.63) is 71.4 Å². The van der Waals surface area contributed by atoms with E-state index in [4.69, 9.17) is 5.73 Å². The molecule has 9 nitrogen and oxygen atoms in total. The second kappa shape index (κ2) is 9.59. The minimum absolute atomic E-state index is 0.00557. The first-order valence-electron chi connectivity index (χ1n) is 13.1. The predicted octanol–water partition coefficient (Wildman–Crippen LogP) is 3.71. The molecule has 198 valence electrons. The Kier molecular flexibility index (Phi) is 6.07. The van der Waals surface area contributed by atoms with Crippen LogP contribution < -0.4 is 11.1 Å². The van der Waals surface area contributed by atoms with Crippen molar-refractivity contribution in [3.63, 3.8) is 0 Å². The van der Waals surface area contributed by atoms with Gasteiger partial charge in [-0.05, 0) is 55.4 Å².